The van der Waals surface area contributed by atoms with E-state index in [1.165, 1.54) is 27.1 Å². The fourth-order valence-electron chi connectivity index (χ4n) is 2.52. The van der Waals surface area contributed by atoms with Gasteiger partial charge in [0.25, 0.3) is 0 Å². The molecule has 2 aromatic heterocycles. The molecule has 3 nitrogen and oxygen atoms in total. The first-order valence-electron chi connectivity index (χ1n) is 6.31. The van der Waals surface area contributed by atoms with Gasteiger partial charge >= 0.3 is 0 Å². The van der Waals surface area contributed by atoms with Crippen molar-refractivity contribution in [2.45, 2.75) is 25.3 Å². The van der Waals surface area contributed by atoms with Crippen molar-refractivity contribution in [2.75, 3.05) is 12.4 Å². The molecule has 1 unspecified atom stereocenters. The summed E-state index contributed by atoms with van der Waals surface area (Å²) in [5, 5.41) is 3.57. The number of hydrogen-bond acceptors (Lipinski definition) is 4. The summed E-state index contributed by atoms with van der Waals surface area (Å²) in [6.07, 6.45) is 5.31. The molecule has 0 saturated carbocycles. The van der Waals surface area contributed by atoms with Gasteiger partial charge in [-0.2, -0.15) is 0 Å². The van der Waals surface area contributed by atoms with E-state index in [4.69, 9.17) is 4.74 Å². The number of aromatic nitrogens is 1. The molecule has 0 saturated heterocycles. The van der Waals surface area contributed by atoms with Gasteiger partial charge in [0.15, 0.2) is 0 Å². The average Bonchev–Trinajstić information content (AvgIpc) is 2.81. The monoisotopic (exact) mass is 338 g/mol. The second-order valence-corrected chi connectivity index (χ2v) is 7.09. The molecule has 0 aromatic carbocycles. The van der Waals surface area contributed by atoms with E-state index in [-0.39, 0.29) is 0 Å². The molecule has 19 heavy (non-hydrogen) atoms. The Kier molecular flexibility index (Phi) is 3.75. The number of pyridine rings is 1. The van der Waals surface area contributed by atoms with Gasteiger partial charge in [0, 0.05) is 11.1 Å². The lowest BCUT2D eigenvalue weighted by atomic mass is 9.94. The van der Waals surface area contributed by atoms with Gasteiger partial charge in [-0.25, -0.2) is 4.98 Å². The van der Waals surface area contributed by atoms with Crippen molar-refractivity contribution in [3.05, 3.63) is 38.6 Å². The van der Waals surface area contributed by atoms with Crippen molar-refractivity contribution >= 4 is 33.0 Å². The lowest BCUT2D eigenvalue weighted by molar-refractivity contribution is 0.399. The SMILES string of the molecule is COc1ncccc1NC1CCCc2sc(Br)cc21. The summed E-state index contributed by atoms with van der Waals surface area (Å²) in [4.78, 5) is 5.72. The maximum Gasteiger partial charge on any atom is 0.237 e. The molecule has 2 aromatic rings. The second-order valence-electron chi connectivity index (χ2n) is 4.58. The number of thiophene rings is 1. The molecule has 0 bridgehead atoms. The Morgan fingerprint density at radius 3 is 3.26 bits per heavy atom. The van der Waals surface area contributed by atoms with Crippen LogP contribution in [0.15, 0.2) is 28.2 Å². The number of nitrogens with one attached hydrogen (secondary N) is 1. The smallest absolute Gasteiger partial charge is 0.237 e. The molecular formula is C14H15BrN2OS. The largest absolute Gasteiger partial charge is 0.480 e. The van der Waals surface area contributed by atoms with E-state index in [1.807, 2.05) is 23.5 Å². The van der Waals surface area contributed by atoms with Gasteiger partial charge in [-0.3, -0.25) is 0 Å². The van der Waals surface area contributed by atoms with E-state index in [1.54, 1.807) is 13.3 Å². The molecule has 2 heterocycles. The molecule has 0 aliphatic heterocycles. The Hall–Kier alpha value is -1.07. The van der Waals surface area contributed by atoms with Crippen LogP contribution in [-0.2, 0) is 6.42 Å². The molecule has 1 atom stereocenters. The predicted molar refractivity (Wildman–Crippen MR) is 82.1 cm³/mol. The van der Waals surface area contributed by atoms with E-state index in [0.29, 0.717) is 11.9 Å². The molecule has 100 valence electrons. The van der Waals surface area contributed by atoms with E-state index in [9.17, 15) is 0 Å². The van der Waals surface area contributed by atoms with Crippen LogP contribution >= 0.6 is 27.3 Å². The number of methoxy groups -OCH3 is 1. The van der Waals surface area contributed by atoms with E-state index in [0.717, 1.165) is 12.1 Å². The Balaban J connectivity index is 1.88. The van der Waals surface area contributed by atoms with E-state index in [2.05, 4.69) is 32.3 Å². The number of aryl methyl sites for hydroxylation is 1. The summed E-state index contributed by atoms with van der Waals surface area (Å²) in [6.45, 7) is 0. The number of halogens is 1. The van der Waals surface area contributed by atoms with Crippen LogP contribution in [0.3, 0.4) is 0 Å². The van der Waals surface area contributed by atoms with Crippen LogP contribution in [0.2, 0.25) is 0 Å². The molecule has 0 amide bonds. The first kappa shape index (κ1) is 12.9. The van der Waals surface area contributed by atoms with Crippen LogP contribution in [0.5, 0.6) is 5.88 Å². The third-order valence-electron chi connectivity index (χ3n) is 3.38. The predicted octanol–water partition coefficient (Wildman–Crippen LogP) is 4.40. The topological polar surface area (TPSA) is 34.1 Å². The summed E-state index contributed by atoms with van der Waals surface area (Å²) >= 11 is 5.43. The number of rotatable bonds is 3. The first-order chi connectivity index (χ1) is 9.28. The van der Waals surface area contributed by atoms with Gasteiger partial charge < -0.3 is 10.1 Å². The van der Waals surface area contributed by atoms with E-state index < -0.39 is 0 Å². The molecule has 1 N–H and O–H groups in total. The molecule has 0 radical (unpaired) electrons. The van der Waals surface area contributed by atoms with Crippen molar-refractivity contribution in [1.82, 2.24) is 4.98 Å². The fraction of sp³-hybridized carbons (Fsp3) is 0.357. The standard InChI is InChI=1S/C14H15BrN2OS/c1-18-14-11(5-3-7-16-14)17-10-4-2-6-12-9(10)8-13(15)19-12/h3,5,7-8,10,17H,2,4,6H2,1H3. The summed E-state index contributed by atoms with van der Waals surface area (Å²) < 4.78 is 6.51. The third kappa shape index (κ3) is 2.62. The van der Waals surface area contributed by atoms with Crippen molar-refractivity contribution in [3.8, 4) is 5.88 Å². The number of fused-ring (bicyclic) bond motifs is 1. The molecule has 0 spiro atoms. The van der Waals surface area contributed by atoms with Gasteiger partial charge in [-0.05, 0) is 59.0 Å². The van der Waals surface area contributed by atoms with Crippen LogP contribution in [0.25, 0.3) is 0 Å². The lowest BCUT2D eigenvalue weighted by Gasteiger charge is -2.25. The van der Waals surface area contributed by atoms with Crippen molar-refractivity contribution in [1.29, 1.82) is 0 Å². The number of anilines is 1. The zero-order valence-corrected chi connectivity index (χ0v) is 13.1. The summed E-state index contributed by atoms with van der Waals surface area (Å²) in [5.74, 6) is 0.656. The summed E-state index contributed by atoms with van der Waals surface area (Å²) in [7, 11) is 1.65. The molecular weight excluding hydrogens is 324 g/mol. The number of ether oxygens (including phenoxy) is 1. The van der Waals surface area contributed by atoms with E-state index >= 15 is 0 Å². The molecule has 1 aliphatic carbocycles. The highest BCUT2D eigenvalue weighted by Gasteiger charge is 2.23. The van der Waals surface area contributed by atoms with Gasteiger partial charge in [-0.15, -0.1) is 11.3 Å². The zero-order valence-electron chi connectivity index (χ0n) is 10.6. The Bertz CT molecular complexity index is 585. The molecule has 1 aliphatic rings. The Morgan fingerprint density at radius 1 is 1.53 bits per heavy atom. The molecule has 0 fully saturated rings. The Morgan fingerprint density at radius 2 is 2.42 bits per heavy atom. The van der Waals surface area contributed by atoms with Crippen molar-refractivity contribution in [2.24, 2.45) is 0 Å². The highest BCUT2D eigenvalue weighted by atomic mass is 79.9. The third-order valence-corrected chi connectivity index (χ3v) is 5.09. The van der Waals surface area contributed by atoms with Gasteiger partial charge in [0.05, 0.1) is 22.6 Å². The van der Waals surface area contributed by atoms with Crippen LogP contribution in [0.1, 0.15) is 29.3 Å². The summed E-state index contributed by atoms with van der Waals surface area (Å²) in [5.41, 5.74) is 2.37. The average molecular weight is 339 g/mol. The highest BCUT2D eigenvalue weighted by molar-refractivity contribution is 9.11. The van der Waals surface area contributed by atoms with Crippen LogP contribution in [0, 0.1) is 0 Å². The lowest BCUT2D eigenvalue weighted by Crippen LogP contribution is -2.16. The van der Waals surface area contributed by atoms with Gasteiger partial charge in [0.2, 0.25) is 5.88 Å². The highest BCUT2D eigenvalue weighted by Crippen LogP contribution is 2.40. The minimum Gasteiger partial charge on any atom is -0.480 e. The maximum atomic E-state index is 5.30. The number of nitrogens with zero attached hydrogens (tertiary/aromatic N) is 1. The van der Waals surface area contributed by atoms with Crippen molar-refractivity contribution < 1.29 is 4.74 Å². The maximum absolute atomic E-state index is 5.30. The number of hydrogen-bond donors (Lipinski definition) is 1. The minimum absolute atomic E-state index is 0.351. The quantitative estimate of drug-likeness (QED) is 0.900. The van der Waals surface area contributed by atoms with Crippen molar-refractivity contribution in [3.63, 3.8) is 0 Å². The zero-order chi connectivity index (χ0) is 13.2. The van der Waals surface area contributed by atoms with Gasteiger partial charge in [0.1, 0.15) is 0 Å². The second kappa shape index (κ2) is 5.51. The molecule has 3 rings (SSSR count). The Labute approximate surface area is 125 Å². The molecule has 5 heteroatoms. The van der Waals surface area contributed by atoms with Crippen LogP contribution in [-0.4, -0.2) is 12.1 Å². The minimum atomic E-state index is 0.351. The fourth-order valence-corrected chi connectivity index (χ4v) is 4.34. The van der Waals surface area contributed by atoms with Crippen LogP contribution < -0.4 is 10.1 Å². The van der Waals surface area contributed by atoms with Crippen LogP contribution in [0.4, 0.5) is 5.69 Å². The first-order valence-corrected chi connectivity index (χ1v) is 7.92. The van der Waals surface area contributed by atoms with Gasteiger partial charge in [-0.1, -0.05) is 0 Å². The summed E-state index contributed by atoms with van der Waals surface area (Å²) in [6, 6.07) is 6.53. The normalized spacial score (nSPS) is 17.9.